The van der Waals surface area contributed by atoms with Gasteiger partial charge in [0.25, 0.3) is 0 Å². The van der Waals surface area contributed by atoms with Crippen molar-refractivity contribution in [3.63, 3.8) is 0 Å². The second-order valence-electron chi connectivity index (χ2n) is 2.46. The molecule has 0 spiro atoms. The monoisotopic (exact) mass is 149 g/mol. The molecule has 2 N–H and O–H groups in total. The number of nitrogens with zero attached hydrogens (tertiary/aromatic N) is 2. The highest BCUT2D eigenvalue weighted by atomic mass is 15.3. The van der Waals surface area contributed by atoms with Crippen molar-refractivity contribution in [1.82, 2.24) is 0 Å². The van der Waals surface area contributed by atoms with Crippen LogP contribution < -0.4 is 5.84 Å². The van der Waals surface area contributed by atoms with Crippen LogP contribution in [0.2, 0.25) is 0 Å². The summed E-state index contributed by atoms with van der Waals surface area (Å²) in [5.74, 6) is 4.96. The van der Waals surface area contributed by atoms with Crippen LogP contribution in [0.25, 0.3) is 0 Å². The molecular weight excluding hydrogens is 138 g/mol. The zero-order valence-corrected chi connectivity index (χ0v) is 6.70. The van der Waals surface area contributed by atoms with Gasteiger partial charge < -0.3 is 5.84 Å². The van der Waals surface area contributed by atoms with E-state index in [-0.39, 0.29) is 0 Å². The summed E-state index contributed by atoms with van der Waals surface area (Å²) in [6.07, 6.45) is 0. The van der Waals surface area contributed by atoms with Crippen molar-refractivity contribution in [2.24, 2.45) is 16.2 Å². The lowest BCUT2D eigenvalue weighted by Gasteiger charge is -2.00. The molecule has 1 aromatic rings. The molecule has 0 fully saturated rings. The smallest absolute Gasteiger partial charge is 0.0932 e. The summed E-state index contributed by atoms with van der Waals surface area (Å²) in [6.45, 7) is 3.97. The zero-order chi connectivity index (χ0) is 8.27. The average molecular weight is 149 g/mol. The van der Waals surface area contributed by atoms with Crippen molar-refractivity contribution in [1.29, 1.82) is 0 Å². The first kappa shape index (κ1) is 7.72. The van der Waals surface area contributed by atoms with E-state index >= 15 is 0 Å². The second kappa shape index (κ2) is 3.14. The van der Waals surface area contributed by atoms with Crippen molar-refractivity contribution in [3.05, 3.63) is 29.3 Å². The molecule has 0 bridgehead atoms. The predicted octanol–water partition coefficient (Wildman–Crippen LogP) is 2.26. The molecule has 3 nitrogen and oxygen atoms in total. The number of aryl methyl sites for hydroxylation is 2. The van der Waals surface area contributed by atoms with E-state index in [1.165, 1.54) is 0 Å². The Morgan fingerprint density at radius 3 is 2.18 bits per heavy atom. The minimum atomic E-state index is 0.870. The maximum Gasteiger partial charge on any atom is 0.0932 e. The highest BCUT2D eigenvalue weighted by Crippen LogP contribution is 2.22. The molecule has 1 aromatic carbocycles. The van der Waals surface area contributed by atoms with Gasteiger partial charge in [0.05, 0.1) is 5.69 Å². The largest absolute Gasteiger partial charge is 0.305 e. The van der Waals surface area contributed by atoms with E-state index in [0.717, 1.165) is 16.8 Å². The standard InChI is InChI=1S/C8H11N3/c1-6-4-3-5-7(2)8(6)10-11-9/h3-5H,1-2H3,(H2,9,10). The normalized spacial score (nSPS) is 10.7. The van der Waals surface area contributed by atoms with Crippen LogP contribution in [0.5, 0.6) is 0 Å². The summed E-state index contributed by atoms with van der Waals surface area (Å²) in [7, 11) is 0. The Labute approximate surface area is 65.9 Å². The number of benzene rings is 1. The Kier molecular flexibility index (Phi) is 2.21. The minimum Gasteiger partial charge on any atom is -0.305 e. The number of hydrogen-bond acceptors (Lipinski definition) is 2. The lowest BCUT2D eigenvalue weighted by atomic mass is 10.1. The molecule has 0 aliphatic rings. The molecule has 0 saturated carbocycles. The molecule has 0 unspecified atom stereocenters. The van der Waals surface area contributed by atoms with E-state index in [4.69, 9.17) is 5.84 Å². The third-order valence-electron chi connectivity index (χ3n) is 1.60. The number of nitrogens with two attached hydrogens (primary N) is 1. The Balaban J connectivity index is 3.20. The molecule has 0 aromatic heterocycles. The van der Waals surface area contributed by atoms with Gasteiger partial charge in [-0.15, -0.1) is 5.11 Å². The Hall–Kier alpha value is -1.38. The zero-order valence-electron chi connectivity index (χ0n) is 6.70. The minimum absolute atomic E-state index is 0.870. The Morgan fingerprint density at radius 1 is 1.18 bits per heavy atom. The van der Waals surface area contributed by atoms with Gasteiger partial charge in [-0.1, -0.05) is 23.4 Å². The van der Waals surface area contributed by atoms with Gasteiger partial charge in [-0.25, -0.2) is 0 Å². The second-order valence-corrected chi connectivity index (χ2v) is 2.46. The van der Waals surface area contributed by atoms with Crippen LogP contribution in [-0.4, -0.2) is 0 Å². The third-order valence-corrected chi connectivity index (χ3v) is 1.60. The van der Waals surface area contributed by atoms with Gasteiger partial charge in [-0.3, -0.25) is 0 Å². The van der Waals surface area contributed by atoms with Crippen LogP contribution in [0.15, 0.2) is 28.5 Å². The first-order valence-electron chi connectivity index (χ1n) is 3.43. The predicted molar refractivity (Wildman–Crippen MR) is 44.6 cm³/mol. The van der Waals surface area contributed by atoms with Crippen molar-refractivity contribution in [2.75, 3.05) is 0 Å². The SMILES string of the molecule is Cc1cccc(C)c1N=NN. The van der Waals surface area contributed by atoms with Gasteiger partial charge >= 0.3 is 0 Å². The molecule has 0 heterocycles. The summed E-state index contributed by atoms with van der Waals surface area (Å²) < 4.78 is 0. The fraction of sp³-hybridized carbons (Fsp3) is 0.250. The van der Waals surface area contributed by atoms with Gasteiger partial charge in [0, 0.05) is 0 Å². The maximum absolute atomic E-state index is 4.96. The first-order chi connectivity index (χ1) is 5.25. The maximum atomic E-state index is 4.96. The molecule has 58 valence electrons. The average Bonchev–Trinajstić information content (AvgIpc) is 1.97. The molecule has 0 atom stereocenters. The molecule has 0 amide bonds. The van der Waals surface area contributed by atoms with Gasteiger partial charge in [0.1, 0.15) is 0 Å². The van der Waals surface area contributed by atoms with E-state index in [9.17, 15) is 0 Å². The highest BCUT2D eigenvalue weighted by molar-refractivity contribution is 5.50. The quantitative estimate of drug-likeness (QED) is 0.371. The van der Waals surface area contributed by atoms with Crippen LogP contribution in [0.4, 0.5) is 5.69 Å². The molecule has 0 aliphatic heterocycles. The number of hydrogen-bond donors (Lipinski definition) is 1. The van der Waals surface area contributed by atoms with Crippen molar-refractivity contribution < 1.29 is 0 Å². The number of rotatable bonds is 1. The van der Waals surface area contributed by atoms with E-state index in [2.05, 4.69) is 10.3 Å². The van der Waals surface area contributed by atoms with Gasteiger partial charge in [0.2, 0.25) is 0 Å². The fourth-order valence-electron chi connectivity index (χ4n) is 1.02. The van der Waals surface area contributed by atoms with Crippen molar-refractivity contribution in [3.8, 4) is 0 Å². The summed E-state index contributed by atoms with van der Waals surface area (Å²) in [4.78, 5) is 0. The van der Waals surface area contributed by atoms with E-state index in [1.54, 1.807) is 0 Å². The van der Waals surface area contributed by atoms with Crippen LogP contribution >= 0.6 is 0 Å². The summed E-state index contributed by atoms with van der Waals surface area (Å²) in [5, 5.41) is 7.06. The molecule has 3 heteroatoms. The molecule has 0 saturated heterocycles. The highest BCUT2D eigenvalue weighted by Gasteiger charge is 1.98. The summed E-state index contributed by atoms with van der Waals surface area (Å²) >= 11 is 0. The fourth-order valence-corrected chi connectivity index (χ4v) is 1.02. The molecular formula is C8H11N3. The van der Waals surface area contributed by atoms with Crippen molar-refractivity contribution in [2.45, 2.75) is 13.8 Å². The van der Waals surface area contributed by atoms with Gasteiger partial charge in [-0.2, -0.15) is 0 Å². The Morgan fingerprint density at radius 2 is 1.73 bits per heavy atom. The lowest BCUT2D eigenvalue weighted by molar-refractivity contribution is 1.05. The van der Waals surface area contributed by atoms with E-state index in [1.807, 2.05) is 32.0 Å². The molecule has 0 aliphatic carbocycles. The third kappa shape index (κ3) is 1.55. The molecule has 11 heavy (non-hydrogen) atoms. The first-order valence-corrected chi connectivity index (χ1v) is 3.43. The van der Waals surface area contributed by atoms with Crippen molar-refractivity contribution >= 4 is 5.69 Å². The van der Waals surface area contributed by atoms with E-state index in [0.29, 0.717) is 0 Å². The Bertz CT molecular complexity index is 258. The lowest BCUT2D eigenvalue weighted by Crippen LogP contribution is -1.80. The molecule has 1 rings (SSSR count). The van der Waals surface area contributed by atoms with Crippen LogP contribution in [0.3, 0.4) is 0 Å². The molecule has 0 radical (unpaired) electrons. The topological polar surface area (TPSA) is 50.7 Å². The summed E-state index contributed by atoms with van der Waals surface area (Å²) in [6, 6.07) is 5.95. The summed E-state index contributed by atoms with van der Waals surface area (Å²) in [5.41, 5.74) is 3.06. The van der Waals surface area contributed by atoms with Crippen LogP contribution in [-0.2, 0) is 0 Å². The van der Waals surface area contributed by atoms with Gasteiger partial charge in [-0.05, 0) is 25.0 Å². The van der Waals surface area contributed by atoms with Gasteiger partial charge in [0.15, 0.2) is 0 Å². The van der Waals surface area contributed by atoms with Crippen LogP contribution in [0, 0.1) is 13.8 Å². The van der Waals surface area contributed by atoms with E-state index < -0.39 is 0 Å². The van der Waals surface area contributed by atoms with Crippen LogP contribution in [0.1, 0.15) is 11.1 Å².